The molecule has 7 heteroatoms. The van der Waals surface area contributed by atoms with Crippen molar-refractivity contribution >= 4 is 17.5 Å². The first-order valence-corrected chi connectivity index (χ1v) is 8.28. The number of carbonyl (C=O) groups is 2. The van der Waals surface area contributed by atoms with Crippen molar-refractivity contribution < 1.29 is 23.5 Å². The van der Waals surface area contributed by atoms with E-state index >= 15 is 0 Å². The molecule has 2 aromatic carbocycles. The third kappa shape index (κ3) is 3.99. The number of carbonyl (C=O) groups excluding carboxylic acids is 2. The number of nitrogens with one attached hydrogen (secondary N) is 1. The molecule has 0 bridgehead atoms. The molecule has 26 heavy (non-hydrogen) atoms. The first kappa shape index (κ1) is 17.8. The summed E-state index contributed by atoms with van der Waals surface area (Å²) in [6.07, 6.45) is 0.887. The van der Waals surface area contributed by atoms with Crippen LogP contribution in [0.15, 0.2) is 42.5 Å². The number of rotatable bonds is 3. The van der Waals surface area contributed by atoms with Crippen molar-refractivity contribution in [1.29, 1.82) is 0 Å². The summed E-state index contributed by atoms with van der Waals surface area (Å²) >= 11 is 0. The molecular weight excluding hydrogens is 342 g/mol. The van der Waals surface area contributed by atoms with Crippen molar-refractivity contribution in [3.05, 3.63) is 59.7 Å². The highest BCUT2D eigenvalue weighted by molar-refractivity contribution is 5.95. The van der Waals surface area contributed by atoms with E-state index in [1.165, 1.54) is 17.0 Å². The van der Waals surface area contributed by atoms with Gasteiger partial charge in [-0.2, -0.15) is 0 Å². The summed E-state index contributed by atoms with van der Waals surface area (Å²) in [6.45, 7) is 0.627. The Kier molecular flexibility index (Phi) is 5.16. The number of halogens is 2. The second-order valence-electron chi connectivity index (χ2n) is 6.23. The Morgan fingerprint density at radius 2 is 1.81 bits per heavy atom. The van der Waals surface area contributed by atoms with Gasteiger partial charge in [-0.05, 0) is 37.1 Å². The van der Waals surface area contributed by atoms with Crippen LogP contribution >= 0.6 is 0 Å². The van der Waals surface area contributed by atoms with Gasteiger partial charge in [-0.25, -0.2) is 8.78 Å². The summed E-state index contributed by atoms with van der Waals surface area (Å²) in [5, 5.41) is 12.2. The largest absolute Gasteiger partial charge is 0.508 e. The first-order chi connectivity index (χ1) is 12.4. The minimum Gasteiger partial charge on any atom is -0.508 e. The van der Waals surface area contributed by atoms with E-state index in [1.807, 2.05) is 0 Å². The van der Waals surface area contributed by atoms with Crippen molar-refractivity contribution in [1.82, 2.24) is 4.90 Å². The molecule has 1 aliphatic rings. The monoisotopic (exact) mass is 360 g/mol. The Morgan fingerprint density at radius 1 is 1.08 bits per heavy atom. The van der Waals surface area contributed by atoms with Crippen molar-refractivity contribution in [2.75, 3.05) is 18.4 Å². The maximum Gasteiger partial charge on any atom is 0.256 e. The Labute approximate surface area is 149 Å². The Hall–Kier alpha value is -2.96. The Bertz CT molecular complexity index is 833. The highest BCUT2D eigenvalue weighted by Gasteiger charge is 2.29. The lowest BCUT2D eigenvalue weighted by Gasteiger charge is -2.31. The molecule has 0 saturated carbocycles. The molecule has 0 aliphatic carbocycles. The molecule has 1 fully saturated rings. The van der Waals surface area contributed by atoms with Crippen LogP contribution in [0.2, 0.25) is 0 Å². The van der Waals surface area contributed by atoms with E-state index in [-0.39, 0.29) is 23.1 Å². The lowest BCUT2D eigenvalue weighted by Crippen LogP contribution is -2.41. The van der Waals surface area contributed by atoms with Crippen LogP contribution in [-0.2, 0) is 4.79 Å². The molecule has 1 saturated heterocycles. The van der Waals surface area contributed by atoms with E-state index in [0.29, 0.717) is 37.7 Å². The molecule has 2 amide bonds. The number of nitrogens with zero attached hydrogens (tertiary/aromatic N) is 1. The van der Waals surface area contributed by atoms with Crippen LogP contribution in [0.4, 0.5) is 14.5 Å². The van der Waals surface area contributed by atoms with E-state index in [1.54, 1.807) is 12.1 Å². The number of hydrogen-bond acceptors (Lipinski definition) is 3. The molecule has 1 aliphatic heterocycles. The predicted octanol–water partition coefficient (Wildman–Crippen LogP) is 3.16. The average molecular weight is 360 g/mol. The summed E-state index contributed by atoms with van der Waals surface area (Å²) < 4.78 is 26.7. The zero-order valence-electron chi connectivity index (χ0n) is 13.9. The Balaban J connectivity index is 1.58. The Morgan fingerprint density at radius 3 is 2.46 bits per heavy atom. The minimum atomic E-state index is -0.890. The van der Waals surface area contributed by atoms with Crippen molar-refractivity contribution in [2.24, 2.45) is 5.92 Å². The SMILES string of the molecule is O=C(Nc1cccc(O)c1)C1CCN(C(=O)c2ccc(F)cc2F)CC1. The molecule has 0 radical (unpaired) electrons. The molecule has 136 valence electrons. The topological polar surface area (TPSA) is 69.6 Å². The number of aromatic hydroxyl groups is 1. The van der Waals surface area contributed by atoms with Gasteiger partial charge in [0.05, 0.1) is 5.56 Å². The van der Waals surface area contributed by atoms with Crippen LogP contribution in [0.25, 0.3) is 0 Å². The van der Waals surface area contributed by atoms with Crippen molar-refractivity contribution in [2.45, 2.75) is 12.8 Å². The second-order valence-corrected chi connectivity index (χ2v) is 6.23. The molecule has 2 aromatic rings. The van der Waals surface area contributed by atoms with E-state index < -0.39 is 17.5 Å². The number of phenolic OH excluding ortho intramolecular Hbond substituents is 1. The van der Waals surface area contributed by atoms with Gasteiger partial charge in [0.15, 0.2) is 0 Å². The maximum atomic E-state index is 13.8. The van der Waals surface area contributed by atoms with Crippen LogP contribution in [-0.4, -0.2) is 34.9 Å². The zero-order valence-corrected chi connectivity index (χ0v) is 13.9. The molecular formula is C19H18F2N2O3. The summed E-state index contributed by atoms with van der Waals surface area (Å²) in [7, 11) is 0. The quantitative estimate of drug-likeness (QED) is 0.883. The summed E-state index contributed by atoms with van der Waals surface area (Å²) in [5.41, 5.74) is 0.330. The van der Waals surface area contributed by atoms with Gasteiger partial charge in [0.2, 0.25) is 5.91 Å². The maximum absolute atomic E-state index is 13.8. The average Bonchev–Trinajstić information content (AvgIpc) is 2.61. The smallest absolute Gasteiger partial charge is 0.256 e. The molecule has 0 atom stereocenters. The first-order valence-electron chi connectivity index (χ1n) is 8.28. The molecule has 0 spiro atoms. The van der Waals surface area contributed by atoms with Gasteiger partial charge in [0.1, 0.15) is 17.4 Å². The third-order valence-corrected chi connectivity index (χ3v) is 4.43. The van der Waals surface area contributed by atoms with Gasteiger partial charge in [-0.1, -0.05) is 6.07 Å². The fraction of sp³-hybridized carbons (Fsp3) is 0.263. The number of benzene rings is 2. The molecule has 3 rings (SSSR count). The molecule has 1 heterocycles. The van der Waals surface area contributed by atoms with E-state index in [9.17, 15) is 23.5 Å². The van der Waals surface area contributed by atoms with E-state index in [0.717, 1.165) is 12.1 Å². The van der Waals surface area contributed by atoms with Gasteiger partial charge in [0.25, 0.3) is 5.91 Å². The number of phenols is 1. The van der Waals surface area contributed by atoms with Gasteiger partial charge in [-0.15, -0.1) is 0 Å². The van der Waals surface area contributed by atoms with Crippen LogP contribution < -0.4 is 5.32 Å². The fourth-order valence-corrected chi connectivity index (χ4v) is 3.01. The summed E-state index contributed by atoms with van der Waals surface area (Å²) in [5.74, 6) is -2.53. The van der Waals surface area contributed by atoms with E-state index in [2.05, 4.69) is 5.32 Å². The number of likely N-dealkylation sites (tertiary alicyclic amines) is 1. The molecule has 0 unspecified atom stereocenters. The zero-order chi connectivity index (χ0) is 18.7. The van der Waals surface area contributed by atoms with Crippen molar-refractivity contribution in [3.8, 4) is 5.75 Å². The highest BCUT2D eigenvalue weighted by Crippen LogP contribution is 2.23. The number of hydrogen-bond donors (Lipinski definition) is 2. The van der Waals surface area contributed by atoms with Crippen LogP contribution in [0.3, 0.4) is 0 Å². The van der Waals surface area contributed by atoms with Crippen LogP contribution in [0.5, 0.6) is 5.75 Å². The molecule has 5 nitrogen and oxygen atoms in total. The van der Waals surface area contributed by atoms with Gasteiger partial charge >= 0.3 is 0 Å². The standard InChI is InChI=1S/C19H18F2N2O3/c20-13-4-5-16(17(21)10-13)19(26)23-8-6-12(7-9-23)18(25)22-14-2-1-3-15(24)11-14/h1-5,10-12,24H,6-9H2,(H,22,25). The van der Waals surface area contributed by atoms with Crippen LogP contribution in [0.1, 0.15) is 23.2 Å². The van der Waals surface area contributed by atoms with Crippen molar-refractivity contribution in [3.63, 3.8) is 0 Å². The van der Waals surface area contributed by atoms with Gasteiger partial charge < -0.3 is 15.3 Å². The van der Waals surface area contributed by atoms with Gasteiger partial charge in [0, 0.05) is 36.8 Å². The molecule has 2 N–H and O–H groups in total. The normalized spacial score (nSPS) is 14.9. The minimum absolute atomic E-state index is 0.0598. The highest BCUT2D eigenvalue weighted by atomic mass is 19.1. The predicted molar refractivity (Wildman–Crippen MR) is 91.7 cm³/mol. The number of anilines is 1. The summed E-state index contributed by atoms with van der Waals surface area (Å²) in [6, 6.07) is 9.13. The molecule has 0 aromatic heterocycles. The van der Waals surface area contributed by atoms with Gasteiger partial charge in [-0.3, -0.25) is 9.59 Å². The number of amides is 2. The van der Waals surface area contributed by atoms with Crippen LogP contribution in [0, 0.1) is 17.6 Å². The third-order valence-electron chi connectivity index (χ3n) is 4.43. The fourth-order valence-electron chi connectivity index (χ4n) is 3.01. The lowest BCUT2D eigenvalue weighted by molar-refractivity contribution is -0.121. The van der Waals surface area contributed by atoms with E-state index in [4.69, 9.17) is 0 Å². The summed E-state index contributed by atoms with van der Waals surface area (Å²) in [4.78, 5) is 26.2. The lowest BCUT2D eigenvalue weighted by atomic mass is 9.95. The number of piperidine rings is 1. The second kappa shape index (κ2) is 7.51.